The van der Waals surface area contributed by atoms with Gasteiger partial charge in [-0.3, -0.25) is 19.2 Å². The maximum Gasteiger partial charge on any atom is 0.663 e. The fourth-order valence-corrected chi connectivity index (χ4v) is 6.16. The molecule has 234 valence electrons. The number of aromatic nitrogens is 4. The summed E-state index contributed by atoms with van der Waals surface area (Å²) in [5.41, 5.74) is 5.90. The van der Waals surface area contributed by atoms with Crippen molar-refractivity contribution >= 4 is 39.1 Å². The first-order chi connectivity index (χ1) is 20.9. The van der Waals surface area contributed by atoms with Crippen molar-refractivity contribution in [2.75, 3.05) is 18.2 Å². The van der Waals surface area contributed by atoms with Gasteiger partial charge in [0.2, 0.25) is 11.6 Å². The molecule has 4 aliphatic heterocycles. The Bertz CT molecular complexity index is 1820. The van der Waals surface area contributed by atoms with E-state index in [0.717, 1.165) is 17.2 Å². The van der Waals surface area contributed by atoms with E-state index in [0.29, 0.717) is 17.8 Å². The van der Waals surface area contributed by atoms with Gasteiger partial charge in [0.1, 0.15) is 17.4 Å². The molecule has 4 aliphatic rings. The van der Waals surface area contributed by atoms with E-state index in [9.17, 15) is 34.6 Å². The number of aliphatic hydroxyl groups excluding tert-OH is 1. The van der Waals surface area contributed by atoms with E-state index in [1.54, 1.807) is 0 Å². The quantitative estimate of drug-likeness (QED) is 0.129. The van der Waals surface area contributed by atoms with E-state index in [1.807, 2.05) is 0 Å². The highest BCUT2D eigenvalue weighted by Crippen LogP contribution is 2.61. The first kappa shape index (κ1) is 28.4. The minimum absolute atomic E-state index is 0.00837. The predicted molar refractivity (Wildman–Crippen MR) is 144 cm³/mol. The molecule has 12 N–H and O–H groups in total. The summed E-state index contributed by atoms with van der Waals surface area (Å²) in [6, 6.07) is 0. The lowest BCUT2D eigenvalue weighted by atomic mass is 10.3. The molecule has 0 aliphatic carbocycles. The minimum Gasteiger partial charge on any atom is -0.500 e. The molecular weight excluding hydrogens is 636 g/mol. The largest absolute Gasteiger partial charge is 0.663 e. The number of rotatable bonds is 2. The summed E-state index contributed by atoms with van der Waals surface area (Å²) in [7, 11) is -9.85. The first-order valence-electron chi connectivity index (χ1n) is 12.4. The number of ether oxygens (including phenoxy) is 1. The molecule has 3 aromatic heterocycles. The number of nitrogens with one attached hydrogen (secondary N) is 4. The van der Waals surface area contributed by atoms with Gasteiger partial charge in [-0.15, -0.1) is 4.52 Å². The molecule has 0 aromatic carbocycles. The second-order valence-electron chi connectivity index (χ2n) is 9.36. The van der Waals surface area contributed by atoms with Crippen LogP contribution in [0.15, 0.2) is 51.0 Å². The third kappa shape index (κ3) is 4.70. The molecule has 3 aromatic rings. The fourth-order valence-electron chi connectivity index (χ4n) is 4.67. The molecule has 2 bridgehead atoms. The Hall–Kier alpha value is -4.37. The summed E-state index contributed by atoms with van der Waals surface area (Å²) < 4.78 is 32.9. The van der Waals surface area contributed by atoms with E-state index in [-0.39, 0.29) is 30.3 Å². The summed E-state index contributed by atoms with van der Waals surface area (Å²) in [5, 5.41) is 35.0. The molecule has 22 nitrogen and oxygen atoms in total. The minimum atomic E-state index is -4.92. The molecule has 7 rings (SSSR count). The Morgan fingerprint density at radius 1 is 1.14 bits per heavy atom. The second kappa shape index (κ2) is 10.1. The van der Waals surface area contributed by atoms with Crippen LogP contribution >= 0.6 is 16.3 Å². The summed E-state index contributed by atoms with van der Waals surface area (Å²) in [4.78, 5) is 62.7. The normalized spacial score (nSPS) is 25.5. The van der Waals surface area contributed by atoms with Gasteiger partial charge in [0.15, 0.2) is 36.1 Å². The third-order valence-electron chi connectivity index (χ3n) is 6.64. The van der Waals surface area contributed by atoms with Gasteiger partial charge in [-0.2, -0.15) is 29.4 Å². The zero-order chi connectivity index (χ0) is 31.0. The third-order valence-corrected chi connectivity index (χ3v) is 8.35. The van der Waals surface area contributed by atoms with Crippen molar-refractivity contribution in [1.82, 2.24) is 35.7 Å². The highest BCUT2D eigenvalue weighted by atomic mass is 31.2. The van der Waals surface area contributed by atoms with Gasteiger partial charge >= 0.3 is 16.3 Å². The average Bonchev–Trinajstić information content (AvgIpc) is 3.73. The summed E-state index contributed by atoms with van der Waals surface area (Å²) >= 11 is 0. The fraction of sp³-hybridized carbons (Fsp3) is 0.250. The molecule has 0 spiro atoms. The van der Waals surface area contributed by atoms with Crippen molar-refractivity contribution < 1.29 is 57.0 Å². The summed E-state index contributed by atoms with van der Waals surface area (Å²) in [6.45, 7) is -0.529. The monoisotopic (exact) mass is 659 g/mol. The zero-order valence-electron chi connectivity index (χ0n) is 21.8. The first-order valence-corrected chi connectivity index (χ1v) is 15.4. The van der Waals surface area contributed by atoms with Crippen molar-refractivity contribution in [3.05, 3.63) is 57.9 Å². The van der Waals surface area contributed by atoms with E-state index in [2.05, 4.69) is 31.0 Å². The number of nitrogens with zero attached hydrogens (tertiary/aromatic N) is 4. The lowest BCUT2D eigenvalue weighted by Gasteiger charge is -2.28. The second-order valence-corrected chi connectivity index (χ2v) is 12.2. The number of nitrogens with two attached hydrogens (primary N) is 1. The van der Waals surface area contributed by atoms with Crippen LogP contribution in [0.25, 0.3) is 16.9 Å². The number of aromatic hydroxyl groups is 1. The number of furan rings is 1. The van der Waals surface area contributed by atoms with Crippen LogP contribution in [0, 0.1) is 0 Å². The van der Waals surface area contributed by atoms with Crippen LogP contribution in [0.2, 0.25) is 0 Å². The summed E-state index contributed by atoms with van der Waals surface area (Å²) in [5.74, 6) is -3.45. The van der Waals surface area contributed by atoms with E-state index in [4.69, 9.17) is 33.0 Å². The average molecular weight is 659 g/mol. The molecule has 1 fully saturated rings. The molecule has 2 atom stereocenters. The van der Waals surface area contributed by atoms with Crippen LogP contribution in [0.3, 0.4) is 0 Å². The molecule has 0 amide bonds. The van der Waals surface area contributed by atoms with Crippen LogP contribution in [-0.2, 0) is 24.9 Å². The standard InChI is InChI=1S/C20H21N9O13P2/c21-15-10-17(24-4-22-15)28(6-26-10)19-12(31)13-9(40-19)3-38-44(35,36)42-14-11(30)8(2-37-43(33,34)41-13)39-20(14)29-16-7(1-27-29)18(32)25-5-23-16/h1-2,5,11,17,22,24,26,30,33-36H,3-4,6,21H2/p+2/b8-2+/t11-,17?/m1/s1. The van der Waals surface area contributed by atoms with Crippen molar-refractivity contribution in [3.8, 4) is 11.5 Å². The number of aromatic amines is 1. The number of aliphatic hydroxyl groups is 1. The molecule has 44 heavy (non-hydrogen) atoms. The van der Waals surface area contributed by atoms with Gasteiger partial charge in [0.25, 0.3) is 23.0 Å². The molecule has 0 saturated carbocycles. The van der Waals surface area contributed by atoms with Crippen molar-refractivity contribution in [3.63, 3.8) is 0 Å². The smallest absolute Gasteiger partial charge is 0.500 e. The van der Waals surface area contributed by atoms with Gasteiger partial charge in [-0.25, -0.2) is 9.51 Å². The SMILES string of the molecule is NC1=C2NCN(c3oc4c(c3O)O[P+](O)(O)O/C=C3/OC(n5ncc6c(=O)[nH]cnc65)=C(O[P+](O)(O)OC4)[C@@H]3O)C2NCN1. The van der Waals surface area contributed by atoms with E-state index < -0.39 is 75.4 Å². The summed E-state index contributed by atoms with van der Waals surface area (Å²) in [6.07, 6.45) is 0.225. The number of fused-ring (bicyclic) bond motifs is 5. The zero-order valence-corrected chi connectivity index (χ0v) is 23.6. The maximum absolute atomic E-state index is 12.2. The number of anilines is 1. The van der Waals surface area contributed by atoms with E-state index in [1.165, 1.54) is 4.90 Å². The highest BCUT2D eigenvalue weighted by Gasteiger charge is 2.53. The van der Waals surface area contributed by atoms with Gasteiger partial charge < -0.3 is 45.6 Å². The Morgan fingerprint density at radius 3 is 2.77 bits per heavy atom. The van der Waals surface area contributed by atoms with Crippen LogP contribution in [0.1, 0.15) is 5.76 Å². The Morgan fingerprint density at radius 2 is 1.95 bits per heavy atom. The van der Waals surface area contributed by atoms with Crippen molar-refractivity contribution in [2.24, 2.45) is 5.73 Å². The van der Waals surface area contributed by atoms with Crippen LogP contribution in [0.4, 0.5) is 5.88 Å². The molecule has 1 unspecified atom stereocenters. The van der Waals surface area contributed by atoms with Crippen LogP contribution in [0.5, 0.6) is 11.5 Å². The van der Waals surface area contributed by atoms with Crippen molar-refractivity contribution in [1.29, 1.82) is 0 Å². The lowest BCUT2D eigenvalue weighted by Crippen LogP contribution is -2.51. The molecule has 24 heteroatoms. The van der Waals surface area contributed by atoms with Crippen LogP contribution < -0.4 is 36.7 Å². The van der Waals surface area contributed by atoms with Gasteiger partial charge in [-0.1, -0.05) is 0 Å². The Labute approximate surface area is 244 Å². The lowest BCUT2D eigenvalue weighted by molar-refractivity contribution is 0.102. The molecule has 1 saturated heterocycles. The highest BCUT2D eigenvalue weighted by molar-refractivity contribution is 7.55. The topological polar surface area (TPSA) is 310 Å². The van der Waals surface area contributed by atoms with E-state index >= 15 is 0 Å². The molecular formula is C20H23N9O13P2+2. The maximum atomic E-state index is 12.2. The van der Waals surface area contributed by atoms with Crippen LogP contribution in [-0.4, -0.2) is 75.1 Å². The number of H-pyrrole nitrogens is 1. The Kier molecular flexibility index (Phi) is 6.51. The molecule has 0 radical (unpaired) electrons. The predicted octanol–water partition coefficient (Wildman–Crippen LogP) is -2.29. The van der Waals surface area contributed by atoms with Gasteiger partial charge in [0.05, 0.1) is 31.6 Å². The number of hydrogen-bond acceptors (Lipinski definition) is 20. The number of hydrogen-bond donors (Lipinski definition) is 11. The van der Waals surface area contributed by atoms with Gasteiger partial charge in [-0.05, 0) is 0 Å². The molecule has 7 heterocycles. The Balaban J connectivity index is 1.27. The van der Waals surface area contributed by atoms with Crippen molar-refractivity contribution in [2.45, 2.75) is 18.9 Å². The van der Waals surface area contributed by atoms with Gasteiger partial charge in [0, 0.05) is 0 Å².